The average molecular weight is 253 g/mol. The van der Waals surface area contributed by atoms with Crippen LogP contribution in [0.2, 0.25) is 0 Å². The highest BCUT2D eigenvalue weighted by atomic mass is 32.2. The molecule has 0 saturated carbocycles. The van der Waals surface area contributed by atoms with Crippen molar-refractivity contribution in [3.8, 4) is 0 Å². The van der Waals surface area contributed by atoms with E-state index in [2.05, 4.69) is 5.32 Å². The Bertz CT molecular complexity index is 589. The van der Waals surface area contributed by atoms with Gasteiger partial charge in [-0.15, -0.1) is 0 Å². The quantitative estimate of drug-likeness (QED) is 0.804. The van der Waals surface area contributed by atoms with E-state index in [-0.39, 0.29) is 24.0 Å². The summed E-state index contributed by atoms with van der Waals surface area (Å²) in [6, 6.07) is 4.39. The lowest BCUT2D eigenvalue weighted by Gasteiger charge is -2.05. The van der Waals surface area contributed by atoms with E-state index in [0.29, 0.717) is 11.1 Å². The summed E-state index contributed by atoms with van der Waals surface area (Å²) in [7, 11) is -3.32. The molecule has 0 unspecified atom stereocenters. The van der Waals surface area contributed by atoms with E-state index >= 15 is 0 Å². The maximum absolute atomic E-state index is 11.6. The molecule has 0 fully saturated rings. The summed E-state index contributed by atoms with van der Waals surface area (Å²) in [6.45, 7) is 0.0367. The zero-order valence-corrected chi connectivity index (χ0v) is 9.70. The number of carbonyl (C=O) groups excluding carboxylic acids is 1. The van der Waals surface area contributed by atoms with Gasteiger partial charge in [0.05, 0.1) is 11.5 Å². The number of rotatable bonds is 3. The van der Waals surface area contributed by atoms with Crippen molar-refractivity contribution in [2.45, 2.75) is 4.90 Å². The highest BCUT2D eigenvalue weighted by Crippen LogP contribution is 2.27. The Hall–Kier alpha value is -1.66. The number of aliphatic hydroxyl groups is 1. The number of nitrogens with one attached hydrogen (secondary N) is 1. The van der Waals surface area contributed by atoms with E-state index < -0.39 is 9.84 Å². The third-order valence-electron chi connectivity index (χ3n) is 2.40. The molecular weight excluding hydrogens is 242 g/mol. The largest absolute Gasteiger partial charge is 0.395 e. The Morgan fingerprint density at radius 3 is 2.82 bits per heavy atom. The average Bonchev–Trinajstić information content (AvgIpc) is 2.62. The molecule has 0 radical (unpaired) electrons. The fourth-order valence-electron chi connectivity index (χ4n) is 1.59. The van der Waals surface area contributed by atoms with Gasteiger partial charge < -0.3 is 10.4 Å². The first-order chi connectivity index (χ1) is 8.04. The molecule has 6 heteroatoms. The van der Waals surface area contributed by atoms with Crippen molar-refractivity contribution < 1.29 is 18.3 Å². The molecule has 90 valence electrons. The molecule has 0 aromatic heterocycles. The molecule has 0 atom stereocenters. The van der Waals surface area contributed by atoms with Crippen LogP contribution in [0.25, 0.3) is 6.08 Å². The second kappa shape index (κ2) is 4.31. The summed E-state index contributed by atoms with van der Waals surface area (Å²) >= 11 is 0. The minimum absolute atomic E-state index is 0.134. The lowest BCUT2D eigenvalue weighted by Crippen LogP contribution is -2.26. The molecule has 1 aromatic carbocycles. The molecular formula is C11H11NO4S. The number of carbonyl (C=O) groups is 1. The predicted octanol–water partition coefficient (Wildman–Crippen LogP) is 0.167. The summed E-state index contributed by atoms with van der Waals surface area (Å²) in [5.74, 6) is -0.334. The molecule has 0 aliphatic carbocycles. The van der Waals surface area contributed by atoms with Gasteiger partial charge in [-0.2, -0.15) is 0 Å². The van der Waals surface area contributed by atoms with Gasteiger partial charge in [-0.3, -0.25) is 4.79 Å². The van der Waals surface area contributed by atoms with Crippen LogP contribution in [-0.4, -0.2) is 32.6 Å². The van der Waals surface area contributed by atoms with Crippen LogP contribution < -0.4 is 5.32 Å². The number of hydrogen-bond acceptors (Lipinski definition) is 4. The van der Waals surface area contributed by atoms with Gasteiger partial charge in [-0.25, -0.2) is 8.42 Å². The topological polar surface area (TPSA) is 83.5 Å². The number of sulfone groups is 1. The number of hydrogen-bond donors (Lipinski definition) is 2. The zero-order valence-electron chi connectivity index (χ0n) is 8.88. The van der Waals surface area contributed by atoms with E-state index in [1.807, 2.05) is 0 Å². The Balaban J connectivity index is 2.30. The van der Waals surface area contributed by atoms with Crippen LogP contribution in [0.4, 0.5) is 0 Å². The fraction of sp³-hybridized carbons (Fsp3) is 0.182. The molecule has 0 spiro atoms. The maximum Gasteiger partial charge on any atom is 0.251 e. The summed E-state index contributed by atoms with van der Waals surface area (Å²) in [5.41, 5.74) is 0.889. The maximum atomic E-state index is 11.6. The van der Waals surface area contributed by atoms with Crippen LogP contribution in [0, 0.1) is 0 Å². The van der Waals surface area contributed by atoms with Crippen LogP contribution in [-0.2, 0) is 9.84 Å². The fourth-order valence-corrected chi connectivity index (χ4v) is 2.77. The minimum Gasteiger partial charge on any atom is -0.395 e. The van der Waals surface area contributed by atoms with Gasteiger partial charge in [0.15, 0.2) is 9.84 Å². The van der Waals surface area contributed by atoms with Crippen LogP contribution in [0.3, 0.4) is 0 Å². The van der Waals surface area contributed by atoms with Crippen LogP contribution in [0.5, 0.6) is 0 Å². The zero-order chi connectivity index (χ0) is 12.5. The SMILES string of the molecule is O=C(NCCO)c1ccc2c(c1)C=CS2(=O)=O. The van der Waals surface area contributed by atoms with Gasteiger partial charge in [-0.1, -0.05) is 0 Å². The monoisotopic (exact) mass is 253 g/mol. The number of aliphatic hydroxyl groups excluding tert-OH is 1. The van der Waals surface area contributed by atoms with Crippen molar-refractivity contribution in [2.75, 3.05) is 13.2 Å². The lowest BCUT2D eigenvalue weighted by atomic mass is 10.1. The second-order valence-corrected chi connectivity index (χ2v) is 5.38. The summed E-state index contributed by atoms with van der Waals surface area (Å²) < 4.78 is 23.0. The van der Waals surface area contributed by atoms with Crippen molar-refractivity contribution >= 4 is 21.8 Å². The molecule has 5 nitrogen and oxygen atoms in total. The van der Waals surface area contributed by atoms with E-state index in [4.69, 9.17) is 5.11 Å². The third-order valence-corrected chi connectivity index (χ3v) is 3.88. The first kappa shape index (κ1) is 11.8. The molecule has 1 heterocycles. The molecule has 17 heavy (non-hydrogen) atoms. The van der Waals surface area contributed by atoms with Gasteiger partial charge in [-0.05, 0) is 29.8 Å². The molecule has 1 aliphatic rings. The predicted molar refractivity (Wildman–Crippen MR) is 62.1 cm³/mol. The first-order valence-electron chi connectivity index (χ1n) is 5.01. The smallest absolute Gasteiger partial charge is 0.251 e. The van der Waals surface area contributed by atoms with E-state index in [0.717, 1.165) is 5.41 Å². The molecule has 1 aromatic rings. The number of benzene rings is 1. The third kappa shape index (κ3) is 2.22. The standard InChI is InChI=1S/C11H11NO4S/c13-5-4-12-11(14)9-1-2-10-8(7-9)3-6-17(10,15)16/h1-3,6-7,13H,4-5H2,(H,12,14). The number of amides is 1. The molecule has 2 rings (SSSR count). The summed E-state index contributed by atoms with van der Waals surface area (Å²) in [5, 5.41) is 12.2. The molecule has 0 bridgehead atoms. The molecule has 1 amide bonds. The van der Waals surface area contributed by atoms with Crippen molar-refractivity contribution in [3.63, 3.8) is 0 Å². The van der Waals surface area contributed by atoms with Crippen molar-refractivity contribution in [2.24, 2.45) is 0 Å². The number of fused-ring (bicyclic) bond motifs is 1. The van der Waals surface area contributed by atoms with Gasteiger partial charge in [0.1, 0.15) is 0 Å². The normalized spacial score (nSPS) is 15.6. The van der Waals surface area contributed by atoms with Gasteiger partial charge in [0.2, 0.25) is 0 Å². The van der Waals surface area contributed by atoms with E-state index in [1.165, 1.54) is 24.3 Å². The lowest BCUT2D eigenvalue weighted by molar-refractivity contribution is 0.0944. The van der Waals surface area contributed by atoms with E-state index in [1.54, 1.807) is 0 Å². The van der Waals surface area contributed by atoms with E-state index in [9.17, 15) is 13.2 Å². The highest BCUT2D eigenvalue weighted by Gasteiger charge is 2.21. The second-order valence-electron chi connectivity index (χ2n) is 3.58. The van der Waals surface area contributed by atoms with Crippen LogP contribution in [0.1, 0.15) is 15.9 Å². The van der Waals surface area contributed by atoms with Crippen molar-refractivity contribution in [1.29, 1.82) is 0 Å². The van der Waals surface area contributed by atoms with Gasteiger partial charge >= 0.3 is 0 Å². The van der Waals surface area contributed by atoms with Gasteiger partial charge in [0.25, 0.3) is 5.91 Å². The Morgan fingerprint density at radius 2 is 2.12 bits per heavy atom. The molecule has 1 aliphatic heterocycles. The van der Waals surface area contributed by atoms with Crippen LogP contribution in [0.15, 0.2) is 28.5 Å². The minimum atomic E-state index is -3.32. The summed E-state index contributed by atoms with van der Waals surface area (Å²) in [6.07, 6.45) is 1.47. The Labute approximate surface area is 98.7 Å². The Kier molecular flexibility index (Phi) is 2.99. The first-order valence-corrected chi connectivity index (χ1v) is 6.55. The summed E-state index contributed by atoms with van der Waals surface area (Å²) in [4.78, 5) is 11.8. The van der Waals surface area contributed by atoms with Gasteiger partial charge in [0, 0.05) is 17.5 Å². The highest BCUT2D eigenvalue weighted by molar-refractivity contribution is 7.94. The molecule has 2 N–H and O–H groups in total. The van der Waals surface area contributed by atoms with Crippen molar-refractivity contribution in [1.82, 2.24) is 5.32 Å². The van der Waals surface area contributed by atoms with Crippen LogP contribution >= 0.6 is 0 Å². The molecule has 0 saturated heterocycles. The Morgan fingerprint density at radius 1 is 1.35 bits per heavy atom. The van der Waals surface area contributed by atoms with Crippen molar-refractivity contribution in [3.05, 3.63) is 34.7 Å².